The summed E-state index contributed by atoms with van der Waals surface area (Å²) in [5.74, 6) is 0. The van der Waals surface area contributed by atoms with Crippen LogP contribution in [0, 0.1) is 0 Å². The van der Waals surface area contributed by atoms with Gasteiger partial charge in [0.25, 0.3) is 0 Å². The summed E-state index contributed by atoms with van der Waals surface area (Å²) >= 11 is 0. The van der Waals surface area contributed by atoms with Gasteiger partial charge in [-0.05, 0) is 27.7 Å². The molecule has 0 saturated heterocycles. The molecule has 1 aliphatic rings. The summed E-state index contributed by atoms with van der Waals surface area (Å²) in [6, 6.07) is 0. The van der Waals surface area contributed by atoms with Gasteiger partial charge >= 0.3 is 0 Å². The fourth-order valence-electron chi connectivity index (χ4n) is 1.55. The van der Waals surface area contributed by atoms with Crippen molar-refractivity contribution >= 4 is 7.37 Å². The summed E-state index contributed by atoms with van der Waals surface area (Å²) < 4.78 is 11.6. The lowest BCUT2D eigenvalue weighted by Crippen LogP contribution is -2.04. The molecule has 0 spiro atoms. The number of rotatable bonds is 0. The molecule has 3 heteroatoms. The maximum atomic E-state index is 11.6. The summed E-state index contributed by atoms with van der Waals surface area (Å²) in [7, 11) is -2.91. The zero-order valence-electron chi connectivity index (χ0n) is 7.46. The molecule has 1 aliphatic heterocycles. The van der Waals surface area contributed by atoms with E-state index in [9.17, 15) is 9.46 Å². The first kappa shape index (κ1) is 9.02. The summed E-state index contributed by atoms with van der Waals surface area (Å²) in [5, 5.41) is 0. The molecule has 2 atom stereocenters. The standard InChI is InChI=1S/C8H15O2P/c1-5-6(2)8(4)11(9,10)7(5)3/h7-8H,1-4H3,(H,9,10). The van der Waals surface area contributed by atoms with E-state index in [4.69, 9.17) is 0 Å². The Morgan fingerprint density at radius 2 is 1.45 bits per heavy atom. The third-order valence-corrected chi connectivity index (χ3v) is 5.98. The molecule has 2 nitrogen and oxygen atoms in total. The van der Waals surface area contributed by atoms with Crippen molar-refractivity contribution in [2.75, 3.05) is 0 Å². The molecule has 0 radical (unpaired) electrons. The molecule has 0 aromatic carbocycles. The fraction of sp³-hybridized carbons (Fsp3) is 0.750. The Labute approximate surface area is 67.8 Å². The van der Waals surface area contributed by atoms with E-state index < -0.39 is 7.37 Å². The van der Waals surface area contributed by atoms with E-state index in [0.717, 1.165) is 11.1 Å². The Balaban J connectivity index is 3.13. The van der Waals surface area contributed by atoms with E-state index in [1.54, 1.807) is 0 Å². The average Bonchev–Trinajstić information content (AvgIpc) is 2.06. The van der Waals surface area contributed by atoms with Gasteiger partial charge in [0.05, 0.1) is 11.3 Å². The van der Waals surface area contributed by atoms with Gasteiger partial charge in [-0.15, -0.1) is 0 Å². The largest absolute Gasteiger partial charge is 0.343 e. The monoisotopic (exact) mass is 174 g/mol. The van der Waals surface area contributed by atoms with Gasteiger partial charge in [-0.1, -0.05) is 11.1 Å². The van der Waals surface area contributed by atoms with Crippen LogP contribution in [0.1, 0.15) is 27.7 Å². The minimum absolute atomic E-state index is 0.127. The van der Waals surface area contributed by atoms with E-state index in [2.05, 4.69) is 0 Å². The molecule has 0 aromatic rings. The smallest absolute Gasteiger partial charge is 0.213 e. The quantitative estimate of drug-likeness (QED) is 0.452. The van der Waals surface area contributed by atoms with E-state index in [1.165, 1.54) is 0 Å². The average molecular weight is 174 g/mol. The van der Waals surface area contributed by atoms with Crippen LogP contribution in [0.25, 0.3) is 0 Å². The van der Waals surface area contributed by atoms with Crippen molar-refractivity contribution in [3.8, 4) is 0 Å². The van der Waals surface area contributed by atoms with Crippen molar-refractivity contribution in [1.29, 1.82) is 0 Å². The van der Waals surface area contributed by atoms with Crippen LogP contribution >= 0.6 is 7.37 Å². The van der Waals surface area contributed by atoms with Gasteiger partial charge in [0.1, 0.15) is 0 Å². The molecule has 0 amide bonds. The number of hydrogen-bond acceptors (Lipinski definition) is 1. The molecule has 0 saturated carbocycles. The highest BCUT2D eigenvalue weighted by molar-refractivity contribution is 7.60. The van der Waals surface area contributed by atoms with Gasteiger partial charge in [-0.2, -0.15) is 0 Å². The van der Waals surface area contributed by atoms with E-state index in [1.807, 2.05) is 27.7 Å². The van der Waals surface area contributed by atoms with Crippen molar-refractivity contribution in [2.24, 2.45) is 0 Å². The lowest BCUT2D eigenvalue weighted by molar-refractivity contribution is 0.469. The normalized spacial score (nSPS) is 45.2. The van der Waals surface area contributed by atoms with Crippen molar-refractivity contribution in [1.82, 2.24) is 0 Å². The zero-order valence-corrected chi connectivity index (χ0v) is 8.35. The van der Waals surface area contributed by atoms with E-state index >= 15 is 0 Å². The first-order chi connectivity index (χ1) is 4.89. The summed E-state index contributed by atoms with van der Waals surface area (Å²) in [6.07, 6.45) is 0. The van der Waals surface area contributed by atoms with E-state index in [-0.39, 0.29) is 11.3 Å². The first-order valence-electron chi connectivity index (χ1n) is 3.88. The Bertz CT molecular complexity index is 233. The second-order valence-electron chi connectivity index (χ2n) is 3.39. The highest BCUT2D eigenvalue weighted by atomic mass is 31.2. The molecule has 11 heavy (non-hydrogen) atoms. The van der Waals surface area contributed by atoms with Gasteiger partial charge in [-0.25, -0.2) is 0 Å². The summed E-state index contributed by atoms with van der Waals surface area (Å²) in [4.78, 5) is 9.59. The Kier molecular flexibility index (Phi) is 2.02. The lowest BCUT2D eigenvalue weighted by Gasteiger charge is -2.15. The molecule has 0 aliphatic carbocycles. The first-order valence-corrected chi connectivity index (χ1v) is 5.68. The summed E-state index contributed by atoms with van der Waals surface area (Å²) in [5.41, 5.74) is 1.95. The van der Waals surface area contributed by atoms with Gasteiger partial charge < -0.3 is 4.89 Å². The highest BCUT2D eigenvalue weighted by Crippen LogP contribution is 2.61. The Hall–Kier alpha value is -0.0700. The third kappa shape index (κ3) is 1.09. The second-order valence-corrected chi connectivity index (χ2v) is 6.28. The van der Waals surface area contributed by atoms with Crippen LogP contribution in [-0.4, -0.2) is 16.2 Å². The molecule has 1 N–H and O–H groups in total. The van der Waals surface area contributed by atoms with Crippen molar-refractivity contribution in [2.45, 2.75) is 39.0 Å². The molecule has 0 bridgehead atoms. The molecule has 1 heterocycles. The molecular formula is C8H15O2P. The van der Waals surface area contributed by atoms with Crippen molar-refractivity contribution in [3.63, 3.8) is 0 Å². The minimum Gasteiger partial charge on any atom is -0.343 e. The van der Waals surface area contributed by atoms with E-state index in [0.29, 0.717) is 0 Å². The topological polar surface area (TPSA) is 37.3 Å². The van der Waals surface area contributed by atoms with Crippen LogP contribution < -0.4 is 0 Å². The van der Waals surface area contributed by atoms with Crippen molar-refractivity contribution < 1.29 is 9.46 Å². The van der Waals surface area contributed by atoms with Crippen LogP contribution in [0.5, 0.6) is 0 Å². The molecule has 2 unspecified atom stereocenters. The third-order valence-electron chi connectivity index (χ3n) is 2.99. The fourth-order valence-corrected chi connectivity index (χ4v) is 3.74. The predicted molar refractivity (Wildman–Crippen MR) is 47.1 cm³/mol. The zero-order chi connectivity index (χ0) is 8.81. The minimum atomic E-state index is -2.91. The van der Waals surface area contributed by atoms with Gasteiger partial charge in [0, 0.05) is 0 Å². The van der Waals surface area contributed by atoms with Crippen LogP contribution in [-0.2, 0) is 4.57 Å². The highest BCUT2D eigenvalue weighted by Gasteiger charge is 2.42. The number of hydrogen-bond donors (Lipinski definition) is 1. The summed E-state index contributed by atoms with van der Waals surface area (Å²) in [6.45, 7) is 7.57. The van der Waals surface area contributed by atoms with Crippen LogP contribution in [0.4, 0.5) is 0 Å². The molecular weight excluding hydrogens is 159 g/mol. The maximum absolute atomic E-state index is 11.6. The van der Waals surface area contributed by atoms with Crippen molar-refractivity contribution in [3.05, 3.63) is 11.1 Å². The van der Waals surface area contributed by atoms with Crippen LogP contribution in [0.3, 0.4) is 0 Å². The Morgan fingerprint density at radius 1 is 1.18 bits per heavy atom. The van der Waals surface area contributed by atoms with Crippen LogP contribution in [0.15, 0.2) is 11.1 Å². The Morgan fingerprint density at radius 3 is 1.55 bits per heavy atom. The van der Waals surface area contributed by atoms with Crippen LogP contribution in [0.2, 0.25) is 0 Å². The van der Waals surface area contributed by atoms with Gasteiger partial charge in [-0.3, -0.25) is 4.57 Å². The molecule has 0 fully saturated rings. The lowest BCUT2D eigenvalue weighted by atomic mass is 10.1. The van der Waals surface area contributed by atoms with Gasteiger partial charge in [0.2, 0.25) is 7.37 Å². The van der Waals surface area contributed by atoms with Gasteiger partial charge in [0.15, 0.2) is 0 Å². The molecule has 0 aromatic heterocycles. The SMILES string of the molecule is CC1=C(C)C(C)P(=O)(O)C1C. The predicted octanol–water partition coefficient (Wildman–Crippen LogP) is 2.38. The molecule has 64 valence electrons. The number of allylic oxidation sites excluding steroid dienone is 2. The second kappa shape index (κ2) is 2.46. The maximum Gasteiger partial charge on any atom is 0.213 e. The molecule has 1 rings (SSSR count).